The van der Waals surface area contributed by atoms with Gasteiger partial charge in [0.25, 0.3) is 0 Å². The van der Waals surface area contributed by atoms with Crippen LogP contribution in [-0.2, 0) is 6.54 Å². The van der Waals surface area contributed by atoms with Gasteiger partial charge in [-0.1, -0.05) is 36.8 Å². The van der Waals surface area contributed by atoms with Crippen LogP contribution in [0.15, 0.2) is 35.3 Å². The van der Waals surface area contributed by atoms with Gasteiger partial charge in [-0.2, -0.15) is 0 Å². The summed E-state index contributed by atoms with van der Waals surface area (Å²) in [7, 11) is 1.89. The highest BCUT2D eigenvalue weighted by Crippen LogP contribution is 2.47. The van der Waals surface area contributed by atoms with Gasteiger partial charge in [-0.25, -0.2) is 4.98 Å². The highest BCUT2D eigenvalue weighted by Gasteiger charge is 2.43. The van der Waals surface area contributed by atoms with Gasteiger partial charge in [-0.15, -0.1) is 11.3 Å². The Balaban J connectivity index is 1.41. The van der Waals surface area contributed by atoms with Gasteiger partial charge in [0.05, 0.1) is 12.2 Å². The van der Waals surface area contributed by atoms with Gasteiger partial charge in [0, 0.05) is 30.6 Å². The van der Waals surface area contributed by atoms with Crippen molar-refractivity contribution in [1.82, 2.24) is 15.2 Å². The van der Waals surface area contributed by atoms with Gasteiger partial charge in [-0.05, 0) is 31.6 Å². The van der Waals surface area contributed by atoms with Crippen molar-refractivity contribution in [2.75, 3.05) is 20.1 Å². The highest BCUT2D eigenvalue weighted by molar-refractivity contribution is 7.15. The molecule has 1 aliphatic carbocycles. The zero-order valence-corrected chi connectivity index (χ0v) is 15.9. The van der Waals surface area contributed by atoms with Crippen LogP contribution in [0, 0.1) is 12.3 Å². The summed E-state index contributed by atoms with van der Waals surface area (Å²) in [5.74, 6) is 1.04. The van der Waals surface area contributed by atoms with E-state index in [0.717, 1.165) is 29.8 Å². The molecule has 0 unspecified atom stereocenters. The standard InChI is InChI=1S/C20H26N4S/c1-15-17(25-18(23-15)16-7-4-3-5-8-16)13-22-19(21-2)24-12-11-20(14-24)9-6-10-20/h3-5,7-8H,6,9-14H2,1-2H3,(H,21,22). The smallest absolute Gasteiger partial charge is 0.193 e. The van der Waals surface area contributed by atoms with E-state index in [1.807, 2.05) is 13.1 Å². The van der Waals surface area contributed by atoms with E-state index in [4.69, 9.17) is 4.98 Å². The van der Waals surface area contributed by atoms with Crippen LogP contribution in [-0.4, -0.2) is 36.0 Å². The maximum Gasteiger partial charge on any atom is 0.193 e. The molecule has 1 saturated carbocycles. The summed E-state index contributed by atoms with van der Waals surface area (Å²) in [5, 5.41) is 4.66. The molecule has 2 heterocycles. The maximum atomic E-state index is 4.75. The van der Waals surface area contributed by atoms with Crippen molar-refractivity contribution < 1.29 is 0 Å². The molecule has 2 aliphatic rings. The van der Waals surface area contributed by atoms with Crippen molar-refractivity contribution >= 4 is 17.3 Å². The summed E-state index contributed by atoms with van der Waals surface area (Å²) in [4.78, 5) is 13.0. The number of thiazole rings is 1. The molecule has 0 atom stereocenters. The second-order valence-electron chi connectivity index (χ2n) is 7.32. The molecule has 0 bridgehead atoms. The number of aromatic nitrogens is 1. The number of aliphatic imine (C=N–C) groups is 1. The summed E-state index contributed by atoms with van der Waals surface area (Å²) in [6.45, 7) is 5.20. The molecule has 4 nitrogen and oxygen atoms in total. The molecule has 1 aromatic heterocycles. The third kappa shape index (κ3) is 3.30. The van der Waals surface area contributed by atoms with Gasteiger partial charge in [0.1, 0.15) is 5.01 Å². The molecule has 25 heavy (non-hydrogen) atoms. The molecule has 2 aromatic rings. The monoisotopic (exact) mass is 354 g/mol. The molecule has 0 amide bonds. The minimum absolute atomic E-state index is 0.596. The van der Waals surface area contributed by atoms with Gasteiger partial charge < -0.3 is 10.2 Å². The first-order valence-electron chi connectivity index (χ1n) is 9.16. The maximum absolute atomic E-state index is 4.75. The van der Waals surface area contributed by atoms with Crippen LogP contribution in [0.5, 0.6) is 0 Å². The minimum Gasteiger partial charge on any atom is -0.351 e. The summed E-state index contributed by atoms with van der Waals surface area (Å²) in [6, 6.07) is 10.4. The van der Waals surface area contributed by atoms with Crippen molar-refractivity contribution in [3.63, 3.8) is 0 Å². The van der Waals surface area contributed by atoms with Crippen LogP contribution in [0.3, 0.4) is 0 Å². The van der Waals surface area contributed by atoms with Gasteiger partial charge in [0.15, 0.2) is 5.96 Å². The second-order valence-corrected chi connectivity index (χ2v) is 8.40. The van der Waals surface area contributed by atoms with E-state index >= 15 is 0 Å². The van der Waals surface area contributed by atoms with Crippen molar-refractivity contribution in [2.24, 2.45) is 10.4 Å². The fraction of sp³-hybridized carbons (Fsp3) is 0.500. The van der Waals surface area contributed by atoms with Gasteiger partial charge in [0.2, 0.25) is 0 Å². The number of hydrogen-bond donors (Lipinski definition) is 1. The van der Waals surface area contributed by atoms with Gasteiger partial charge >= 0.3 is 0 Å². The zero-order chi connectivity index (χ0) is 17.3. The lowest BCUT2D eigenvalue weighted by Gasteiger charge is -2.38. The van der Waals surface area contributed by atoms with E-state index in [2.05, 4.69) is 46.4 Å². The number of nitrogens with one attached hydrogen (secondary N) is 1. The van der Waals surface area contributed by atoms with E-state index in [0.29, 0.717) is 5.41 Å². The first kappa shape index (κ1) is 16.6. The van der Waals surface area contributed by atoms with Gasteiger partial charge in [-0.3, -0.25) is 4.99 Å². The van der Waals surface area contributed by atoms with E-state index < -0.39 is 0 Å². The van der Waals surface area contributed by atoms with Crippen molar-refractivity contribution in [3.05, 3.63) is 40.9 Å². The average molecular weight is 355 g/mol. The quantitative estimate of drug-likeness (QED) is 0.667. The molecule has 1 aromatic carbocycles. The van der Waals surface area contributed by atoms with Crippen molar-refractivity contribution in [1.29, 1.82) is 0 Å². The third-order valence-electron chi connectivity index (χ3n) is 5.68. The highest BCUT2D eigenvalue weighted by atomic mass is 32.1. The largest absolute Gasteiger partial charge is 0.351 e. The fourth-order valence-corrected chi connectivity index (χ4v) is 5.00. The average Bonchev–Trinajstić information content (AvgIpc) is 3.21. The summed E-state index contributed by atoms with van der Waals surface area (Å²) in [5.41, 5.74) is 2.90. The topological polar surface area (TPSA) is 40.5 Å². The Labute approximate surface area is 154 Å². The summed E-state index contributed by atoms with van der Waals surface area (Å²) < 4.78 is 0. The van der Waals surface area contributed by atoms with Crippen LogP contribution in [0.25, 0.3) is 10.6 Å². The Morgan fingerprint density at radius 3 is 2.72 bits per heavy atom. The van der Waals surface area contributed by atoms with E-state index in [-0.39, 0.29) is 0 Å². The van der Waals surface area contributed by atoms with E-state index in [1.54, 1.807) is 11.3 Å². The van der Waals surface area contributed by atoms with Crippen LogP contribution < -0.4 is 5.32 Å². The number of nitrogens with zero attached hydrogens (tertiary/aromatic N) is 3. The Bertz CT molecular complexity index is 761. The van der Waals surface area contributed by atoms with Crippen LogP contribution in [0.2, 0.25) is 0 Å². The Kier molecular flexibility index (Phi) is 4.50. The minimum atomic E-state index is 0.596. The number of hydrogen-bond acceptors (Lipinski definition) is 3. The second kappa shape index (κ2) is 6.79. The molecule has 1 N–H and O–H groups in total. The third-order valence-corrected chi connectivity index (χ3v) is 6.89. The Morgan fingerprint density at radius 2 is 2.08 bits per heavy atom. The number of likely N-dealkylation sites (tertiary alicyclic amines) is 1. The van der Waals surface area contributed by atoms with Crippen molar-refractivity contribution in [2.45, 2.75) is 39.2 Å². The number of rotatable bonds is 3. The lowest BCUT2D eigenvalue weighted by Crippen LogP contribution is -2.42. The lowest BCUT2D eigenvalue weighted by molar-refractivity contribution is 0.151. The predicted octanol–water partition coefficient (Wildman–Crippen LogP) is 4.07. The molecule has 1 saturated heterocycles. The predicted molar refractivity (Wildman–Crippen MR) is 105 cm³/mol. The SMILES string of the molecule is CN=C(NCc1sc(-c2ccccc2)nc1C)N1CCC2(CCC2)C1. The molecular weight excluding hydrogens is 328 g/mol. The zero-order valence-electron chi connectivity index (χ0n) is 15.1. The van der Waals surface area contributed by atoms with E-state index in [9.17, 15) is 0 Å². The molecule has 132 valence electrons. The lowest BCUT2D eigenvalue weighted by atomic mass is 9.68. The molecule has 1 spiro atoms. The summed E-state index contributed by atoms with van der Waals surface area (Å²) >= 11 is 1.78. The van der Waals surface area contributed by atoms with E-state index in [1.165, 1.54) is 42.7 Å². The number of aryl methyl sites for hydroxylation is 1. The molecule has 2 fully saturated rings. The molecule has 0 radical (unpaired) electrons. The molecule has 4 rings (SSSR count). The number of guanidine groups is 1. The van der Waals surface area contributed by atoms with Crippen LogP contribution >= 0.6 is 11.3 Å². The molecular formula is C20H26N4S. The number of benzene rings is 1. The fourth-order valence-electron chi connectivity index (χ4n) is 3.99. The normalized spacial score (nSPS) is 19.3. The first-order valence-corrected chi connectivity index (χ1v) is 9.98. The Morgan fingerprint density at radius 1 is 1.28 bits per heavy atom. The molecule has 5 heteroatoms. The Hall–Kier alpha value is -1.88. The van der Waals surface area contributed by atoms with Crippen LogP contribution in [0.4, 0.5) is 0 Å². The first-order chi connectivity index (χ1) is 12.2. The molecule has 1 aliphatic heterocycles. The van der Waals surface area contributed by atoms with Crippen molar-refractivity contribution in [3.8, 4) is 10.6 Å². The van der Waals surface area contributed by atoms with Crippen LogP contribution in [0.1, 0.15) is 36.3 Å². The summed E-state index contributed by atoms with van der Waals surface area (Å²) in [6.07, 6.45) is 5.53.